The fraction of sp³-hybridized carbons (Fsp3) is 0.474. The van der Waals surface area contributed by atoms with Crippen molar-refractivity contribution in [3.8, 4) is 11.3 Å². The lowest BCUT2D eigenvalue weighted by Gasteiger charge is -2.40. The van der Waals surface area contributed by atoms with Gasteiger partial charge in [-0.1, -0.05) is 11.6 Å². The van der Waals surface area contributed by atoms with Crippen molar-refractivity contribution in [2.45, 2.75) is 25.0 Å². The third-order valence-electron chi connectivity index (χ3n) is 4.41. The summed E-state index contributed by atoms with van der Waals surface area (Å²) in [5.41, 5.74) is 0.390. The fourth-order valence-electron chi connectivity index (χ4n) is 3.51. The number of likely N-dealkylation sites (N-methyl/N-ethyl adjacent to an activating group) is 1. The van der Waals surface area contributed by atoms with Crippen LogP contribution in [0.5, 0.6) is 0 Å². The van der Waals surface area contributed by atoms with Gasteiger partial charge in [-0.2, -0.15) is 0 Å². The molecule has 1 saturated heterocycles. The van der Waals surface area contributed by atoms with Crippen LogP contribution in [0.4, 0.5) is 0 Å². The van der Waals surface area contributed by atoms with Gasteiger partial charge in [-0.3, -0.25) is 4.90 Å². The van der Waals surface area contributed by atoms with Crippen LogP contribution >= 0.6 is 11.6 Å². The Labute approximate surface area is 148 Å². The predicted octanol–water partition coefficient (Wildman–Crippen LogP) is 3.49. The number of piperidine rings is 1. The number of rotatable bonds is 5. The standard InChI is InChI=1S/C19H25ClN2O2/c1-21(2)13-19(23)10-3-11-22(14-19)12-17-8-9-18(24-17)15-4-6-16(20)7-5-15/h4-9,23H,3,10-14H2,1-2H3. The summed E-state index contributed by atoms with van der Waals surface area (Å²) in [4.78, 5) is 4.33. The van der Waals surface area contributed by atoms with Gasteiger partial charge in [0, 0.05) is 23.7 Å². The van der Waals surface area contributed by atoms with Crippen LogP contribution in [0.25, 0.3) is 11.3 Å². The van der Waals surface area contributed by atoms with E-state index in [4.69, 9.17) is 16.0 Å². The van der Waals surface area contributed by atoms with E-state index in [0.29, 0.717) is 13.1 Å². The van der Waals surface area contributed by atoms with E-state index in [9.17, 15) is 5.11 Å². The van der Waals surface area contributed by atoms with E-state index in [0.717, 1.165) is 48.0 Å². The lowest BCUT2D eigenvalue weighted by atomic mass is 9.92. The molecular formula is C19H25ClN2O2. The van der Waals surface area contributed by atoms with Gasteiger partial charge in [0.2, 0.25) is 0 Å². The molecule has 0 bridgehead atoms. The van der Waals surface area contributed by atoms with E-state index in [1.165, 1.54) is 0 Å². The third kappa shape index (κ3) is 4.39. The number of benzene rings is 1. The molecule has 0 amide bonds. The molecule has 2 aromatic rings. The first kappa shape index (κ1) is 17.5. The second kappa shape index (κ2) is 7.28. The molecule has 4 nitrogen and oxygen atoms in total. The molecule has 130 valence electrons. The largest absolute Gasteiger partial charge is 0.460 e. The molecule has 1 aromatic heterocycles. The molecule has 1 aliphatic rings. The lowest BCUT2D eigenvalue weighted by molar-refractivity contribution is -0.0492. The Balaban J connectivity index is 1.65. The first-order chi connectivity index (χ1) is 11.4. The molecular weight excluding hydrogens is 324 g/mol. The number of nitrogens with zero attached hydrogens (tertiary/aromatic N) is 2. The first-order valence-electron chi connectivity index (χ1n) is 8.38. The number of furan rings is 1. The zero-order valence-electron chi connectivity index (χ0n) is 14.3. The van der Waals surface area contributed by atoms with Gasteiger partial charge in [0.25, 0.3) is 0 Å². The summed E-state index contributed by atoms with van der Waals surface area (Å²) >= 11 is 5.93. The van der Waals surface area contributed by atoms with E-state index in [1.807, 2.05) is 50.5 Å². The molecule has 1 unspecified atom stereocenters. The van der Waals surface area contributed by atoms with Crippen molar-refractivity contribution >= 4 is 11.6 Å². The van der Waals surface area contributed by atoms with Crippen LogP contribution in [0.3, 0.4) is 0 Å². The van der Waals surface area contributed by atoms with Crippen LogP contribution in [-0.2, 0) is 6.54 Å². The Morgan fingerprint density at radius 3 is 2.67 bits per heavy atom. The highest BCUT2D eigenvalue weighted by Gasteiger charge is 2.33. The molecule has 0 spiro atoms. The van der Waals surface area contributed by atoms with Crippen molar-refractivity contribution < 1.29 is 9.52 Å². The van der Waals surface area contributed by atoms with Crippen molar-refractivity contribution in [3.63, 3.8) is 0 Å². The molecule has 24 heavy (non-hydrogen) atoms. The Morgan fingerprint density at radius 1 is 1.21 bits per heavy atom. The van der Waals surface area contributed by atoms with Gasteiger partial charge in [-0.25, -0.2) is 0 Å². The Hall–Kier alpha value is -1.33. The predicted molar refractivity (Wildman–Crippen MR) is 97.2 cm³/mol. The number of β-amino-alcohol motifs (C(OH)–C–C–N with tert-alkyl or cyclic N) is 1. The van der Waals surface area contributed by atoms with Crippen LogP contribution in [0.1, 0.15) is 18.6 Å². The molecule has 0 saturated carbocycles. The SMILES string of the molecule is CN(C)CC1(O)CCCN(Cc2ccc(-c3ccc(Cl)cc3)o2)C1. The average Bonchev–Trinajstić information content (AvgIpc) is 2.95. The summed E-state index contributed by atoms with van der Waals surface area (Å²) in [6.45, 7) is 3.09. The summed E-state index contributed by atoms with van der Waals surface area (Å²) in [6, 6.07) is 11.7. The van der Waals surface area contributed by atoms with Gasteiger partial charge in [0.1, 0.15) is 11.5 Å². The van der Waals surface area contributed by atoms with Crippen molar-refractivity contribution in [1.29, 1.82) is 0 Å². The maximum Gasteiger partial charge on any atom is 0.134 e. The highest BCUT2D eigenvalue weighted by molar-refractivity contribution is 6.30. The minimum absolute atomic E-state index is 0.632. The van der Waals surface area contributed by atoms with Gasteiger partial charge in [-0.05, 0) is 69.9 Å². The highest BCUT2D eigenvalue weighted by Crippen LogP contribution is 2.27. The number of likely N-dealkylation sites (tertiary alicyclic amines) is 1. The second-order valence-corrected chi connectivity index (χ2v) is 7.49. The quantitative estimate of drug-likeness (QED) is 0.897. The van der Waals surface area contributed by atoms with Gasteiger partial charge < -0.3 is 14.4 Å². The number of hydrogen-bond acceptors (Lipinski definition) is 4. The lowest BCUT2D eigenvalue weighted by Crippen LogP contribution is -2.52. The topological polar surface area (TPSA) is 39.9 Å². The Morgan fingerprint density at radius 2 is 1.96 bits per heavy atom. The van der Waals surface area contributed by atoms with Crippen molar-refractivity contribution in [1.82, 2.24) is 9.80 Å². The van der Waals surface area contributed by atoms with Crippen molar-refractivity contribution in [2.24, 2.45) is 0 Å². The summed E-state index contributed by atoms with van der Waals surface area (Å²) in [6.07, 6.45) is 1.87. The molecule has 5 heteroatoms. The van der Waals surface area contributed by atoms with Crippen LogP contribution < -0.4 is 0 Å². The summed E-state index contributed by atoms with van der Waals surface area (Å²) in [5, 5.41) is 11.5. The maximum absolute atomic E-state index is 10.8. The average molecular weight is 349 g/mol. The smallest absolute Gasteiger partial charge is 0.134 e. The first-order valence-corrected chi connectivity index (χ1v) is 8.75. The maximum atomic E-state index is 10.8. The van der Waals surface area contributed by atoms with E-state index >= 15 is 0 Å². The molecule has 1 aromatic carbocycles. The normalized spacial score (nSPS) is 22.2. The molecule has 2 heterocycles. The number of aliphatic hydroxyl groups is 1. The number of hydrogen-bond donors (Lipinski definition) is 1. The van der Waals surface area contributed by atoms with Gasteiger partial charge in [0.15, 0.2) is 0 Å². The minimum Gasteiger partial charge on any atom is -0.460 e. The molecule has 0 radical (unpaired) electrons. The molecule has 1 aliphatic heterocycles. The monoisotopic (exact) mass is 348 g/mol. The number of halogens is 1. The highest BCUT2D eigenvalue weighted by atomic mass is 35.5. The van der Waals surface area contributed by atoms with Crippen LogP contribution in [-0.4, -0.2) is 54.2 Å². The molecule has 1 atom stereocenters. The van der Waals surface area contributed by atoms with Gasteiger partial charge >= 0.3 is 0 Å². The third-order valence-corrected chi connectivity index (χ3v) is 4.67. The van der Waals surface area contributed by atoms with Gasteiger partial charge in [0.05, 0.1) is 12.1 Å². The van der Waals surface area contributed by atoms with Crippen LogP contribution in [0.2, 0.25) is 5.02 Å². The summed E-state index contributed by atoms with van der Waals surface area (Å²) in [5.74, 6) is 1.77. The van der Waals surface area contributed by atoms with Gasteiger partial charge in [-0.15, -0.1) is 0 Å². The molecule has 1 fully saturated rings. The summed E-state index contributed by atoms with van der Waals surface area (Å²) in [7, 11) is 4.00. The van der Waals surface area contributed by atoms with Crippen molar-refractivity contribution in [2.75, 3.05) is 33.7 Å². The van der Waals surface area contributed by atoms with Crippen LogP contribution in [0, 0.1) is 0 Å². The van der Waals surface area contributed by atoms with E-state index in [-0.39, 0.29) is 0 Å². The Kier molecular flexibility index (Phi) is 5.30. The summed E-state index contributed by atoms with van der Waals surface area (Å²) < 4.78 is 5.98. The molecule has 0 aliphatic carbocycles. The van der Waals surface area contributed by atoms with Crippen molar-refractivity contribution in [3.05, 3.63) is 47.2 Å². The van der Waals surface area contributed by atoms with E-state index in [1.54, 1.807) is 0 Å². The van der Waals surface area contributed by atoms with E-state index < -0.39 is 5.60 Å². The molecule has 3 rings (SSSR count). The Bertz CT molecular complexity index is 668. The molecule has 1 N–H and O–H groups in total. The zero-order valence-corrected chi connectivity index (χ0v) is 15.1. The zero-order chi connectivity index (χ0) is 17.2. The second-order valence-electron chi connectivity index (χ2n) is 7.05. The van der Waals surface area contributed by atoms with E-state index in [2.05, 4.69) is 9.80 Å². The van der Waals surface area contributed by atoms with Crippen LogP contribution in [0.15, 0.2) is 40.8 Å². The minimum atomic E-state index is -0.632. The fourth-order valence-corrected chi connectivity index (χ4v) is 3.64.